The van der Waals surface area contributed by atoms with Crippen LogP contribution in [0.4, 0.5) is 9.18 Å². The van der Waals surface area contributed by atoms with Crippen LogP contribution in [0.15, 0.2) is 41.3 Å². The van der Waals surface area contributed by atoms with Crippen LogP contribution in [0, 0.1) is 5.82 Å². The second-order valence-electron chi connectivity index (χ2n) is 6.07. The third-order valence-corrected chi connectivity index (χ3v) is 5.13. The Morgan fingerprint density at radius 2 is 1.89 bits per heavy atom. The first-order chi connectivity index (χ1) is 13.5. The van der Waals surface area contributed by atoms with Gasteiger partial charge in [0.1, 0.15) is 11.6 Å². The molecule has 1 saturated heterocycles. The maximum Gasteiger partial charge on any atom is 0.293 e. The van der Waals surface area contributed by atoms with E-state index in [4.69, 9.17) is 14.2 Å². The molecule has 2 aliphatic rings. The Labute approximate surface area is 164 Å². The van der Waals surface area contributed by atoms with Gasteiger partial charge in [0.05, 0.1) is 18.1 Å². The summed E-state index contributed by atoms with van der Waals surface area (Å²) in [7, 11) is 0. The number of ether oxygens (including phenoxy) is 3. The summed E-state index contributed by atoms with van der Waals surface area (Å²) >= 11 is 0.856. The Morgan fingerprint density at radius 3 is 2.61 bits per heavy atom. The fourth-order valence-electron chi connectivity index (χ4n) is 2.88. The van der Waals surface area contributed by atoms with E-state index in [1.165, 1.54) is 12.1 Å². The minimum absolute atomic E-state index is 0.0851. The van der Waals surface area contributed by atoms with Crippen LogP contribution in [0.1, 0.15) is 18.1 Å². The minimum Gasteiger partial charge on any atom is -0.493 e. The van der Waals surface area contributed by atoms with Gasteiger partial charge in [-0.3, -0.25) is 14.5 Å². The van der Waals surface area contributed by atoms with Crippen molar-refractivity contribution < 1.29 is 28.2 Å². The molecule has 2 amide bonds. The molecule has 2 aromatic rings. The van der Waals surface area contributed by atoms with Gasteiger partial charge in [-0.2, -0.15) is 0 Å². The highest BCUT2D eigenvalue weighted by molar-refractivity contribution is 8.18. The average molecular weight is 401 g/mol. The smallest absolute Gasteiger partial charge is 0.293 e. The van der Waals surface area contributed by atoms with Crippen LogP contribution >= 0.6 is 11.8 Å². The molecule has 28 heavy (non-hydrogen) atoms. The molecule has 2 aliphatic heterocycles. The molecule has 2 heterocycles. The van der Waals surface area contributed by atoms with Gasteiger partial charge in [-0.25, -0.2) is 4.39 Å². The topological polar surface area (TPSA) is 65.1 Å². The average Bonchev–Trinajstić information content (AvgIpc) is 3.23. The zero-order chi connectivity index (χ0) is 19.7. The Kier molecular flexibility index (Phi) is 4.95. The van der Waals surface area contributed by atoms with Crippen LogP contribution in [-0.2, 0) is 11.3 Å². The highest BCUT2D eigenvalue weighted by Gasteiger charge is 2.35. The summed E-state index contributed by atoms with van der Waals surface area (Å²) in [5.74, 6) is 0.894. The largest absolute Gasteiger partial charge is 0.493 e. The number of amides is 2. The van der Waals surface area contributed by atoms with Gasteiger partial charge in [-0.15, -0.1) is 0 Å². The summed E-state index contributed by atoms with van der Waals surface area (Å²) in [6.45, 7) is 2.50. The van der Waals surface area contributed by atoms with Crippen LogP contribution in [0.3, 0.4) is 0 Å². The molecule has 0 N–H and O–H groups in total. The van der Waals surface area contributed by atoms with Gasteiger partial charge < -0.3 is 14.2 Å². The SMILES string of the molecule is CCOc1cc2c(cc1/C=C1/SC(=O)N(Cc3ccc(F)cc3)C1=O)OCO2. The fraction of sp³-hybridized carbons (Fsp3) is 0.200. The van der Waals surface area contributed by atoms with E-state index in [1.54, 1.807) is 30.3 Å². The van der Waals surface area contributed by atoms with Gasteiger partial charge in [-0.05, 0) is 48.5 Å². The summed E-state index contributed by atoms with van der Waals surface area (Å²) in [6, 6.07) is 9.12. The van der Waals surface area contributed by atoms with E-state index in [2.05, 4.69) is 0 Å². The molecule has 0 aliphatic carbocycles. The number of carbonyl (C=O) groups is 2. The molecule has 0 bridgehead atoms. The fourth-order valence-corrected chi connectivity index (χ4v) is 3.71. The Bertz CT molecular complexity index is 973. The van der Waals surface area contributed by atoms with Crippen molar-refractivity contribution in [1.29, 1.82) is 0 Å². The molecule has 8 heteroatoms. The van der Waals surface area contributed by atoms with Crippen molar-refractivity contribution in [3.05, 3.63) is 58.2 Å². The molecule has 1 fully saturated rings. The van der Waals surface area contributed by atoms with E-state index >= 15 is 0 Å². The maximum atomic E-state index is 13.1. The molecule has 0 spiro atoms. The lowest BCUT2D eigenvalue weighted by Gasteiger charge is -2.12. The monoisotopic (exact) mass is 401 g/mol. The van der Waals surface area contributed by atoms with Crippen LogP contribution < -0.4 is 14.2 Å². The van der Waals surface area contributed by atoms with Crippen LogP contribution in [0.5, 0.6) is 17.2 Å². The van der Waals surface area contributed by atoms with Crippen molar-refractivity contribution in [2.75, 3.05) is 13.4 Å². The molecule has 2 aromatic carbocycles. The van der Waals surface area contributed by atoms with E-state index in [1.807, 2.05) is 6.92 Å². The van der Waals surface area contributed by atoms with Crippen molar-refractivity contribution in [2.45, 2.75) is 13.5 Å². The molecule has 0 atom stereocenters. The van der Waals surface area contributed by atoms with Gasteiger partial charge in [0.15, 0.2) is 11.5 Å². The summed E-state index contributed by atoms with van der Waals surface area (Å²) in [6.07, 6.45) is 1.61. The molecule has 0 saturated carbocycles. The zero-order valence-electron chi connectivity index (χ0n) is 14.9. The lowest BCUT2D eigenvalue weighted by molar-refractivity contribution is -0.123. The number of benzene rings is 2. The van der Waals surface area contributed by atoms with Crippen LogP contribution in [0.2, 0.25) is 0 Å². The van der Waals surface area contributed by atoms with E-state index in [0.29, 0.717) is 35.0 Å². The van der Waals surface area contributed by atoms with Crippen LogP contribution in [-0.4, -0.2) is 29.4 Å². The molecule has 0 unspecified atom stereocenters. The van der Waals surface area contributed by atoms with Crippen molar-refractivity contribution in [2.24, 2.45) is 0 Å². The number of thioether (sulfide) groups is 1. The molecule has 6 nitrogen and oxygen atoms in total. The first kappa shape index (κ1) is 18.4. The molecular formula is C20H16FNO5S. The number of hydrogen-bond donors (Lipinski definition) is 0. The van der Waals surface area contributed by atoms with Crippen molar-refractivity contribution >= 4 is 29.0 Å². The third-order valence-electron chi connectivity index (χ3n) is 4.22. The lowest BCUT2D eigenvalue weighted by Crippen LogP contribution is -2.27. The Balaban J connectivity index is 1.61. The summed E-state index contributed by atoms with van der Waals surface area (Å²) < 4.78 is 29.4. The molecular weight excluding hydrogens is 385 g/mol. The van der Waals surface area contributed by atoms with E-state index < -0.39 is 5.91 Å². The number of hydrogen-bond acceptors (Lipinski definition) is 6. The predicted molar refractivity (Wildman–Crippen MR) is 102 cm³/mol. The van der Waals surface area contributed by atoms with Gasteiger partial charge >= 0.3 is 0 Å². The van der Waals surface area contributed by atoms with Gasteiger partial charge in [0, 0.05) is 11.6 Å². The summed E-state index contributed by atoms with van der Waals surface area (Å²) in [5, 5.41) is -0.376. The van der Waals surface area contributed by atoms with E-state index in [-0.39, 0.29) is 29.3 Å². The summed E-state index contributed by atoms with van der Waals surface area (Å²) in [4.78, 5) is 26.5. The molecule has 0 radical (unpaired) electrons. The van der Waals surface area contributed by atoms with Crippen molar-refractivity contribution in [1.82, 2.24) is 4.90 Å². The second-order valence-corrected chi connectivity index (χ2v) is 7.06. The van der Waals surface area contributed by atoms with Crippen LogP contribution in [0.25, 0.3) is 6.08 Å². The molecule has 4 rings (SSSR count). The van der Waals surface area contributed by atoms with Gasteiger partial charge in [0.2, 0.25) is 6.79 Å². The second kappa shape index (κ2) is 7.55. The summed E-state index contributed by atoms with van der Waals surface area (Å²) in [5.41, 5.74) is 1.29. The normalized spacial score (nSPS) is 16.9. The highest BCUT2D eigenvalue weighted by atomic mass is 32.2. The Morgan fingerprint density at radius 1 is 1.18 bits per heavy atom. The highest BCUT2D eigenvalue weighted by Crippen LogP contribution is 2.41. The predicted octanol–water partition coefficient (Wildman–Crippen LogP) is 4.19. The third kappa shape index (κ3) is 3.55. The van der Waals surface area contributed by atoms with E-state index in [9.17, 15) is 14.0 Å². The van der Waals surface area contributed by atoms with E-state index in [0.717, 1.165) is 16.7 Å². The first-order valence-corrected chi connectivity index (χ1v) is 9.43. The number of rotatable bonds is 5. The minimum atomic E-state index is -0.403. The number of nitrogens with zero attached hydrogens (tertiary/aromatic N) is 1. The standard InChI is InChI=1S/C20H16FNO5S/c1-2-25-15-9-17-16(26-11-27-17)7-13(15)8-18-19(23)22(20(24)28-18)10-12-3-5-14(21)6-4-12/h3-9H,2,10-11H2,1H3/b18-8+. The lowest BCUT2D eigenvalue weighted by atomic mass is 10.1. The van der Waals surface area contributed by atoms with Gasteiger partial charge in [-0.1, -0.05) is 12.1 Å². The number of fused-ring (bicyclic) bond motifs is 1. The van der Waals surface area contributed by atoms with Crippen molar-refractivity contribution in [3.8, 4) is 17.2 Å². The molecule has 0 aromatic heterocycles. The number of carbonyl (C=O) groups excluding carboxylic acids is 2. The number of imide groups is 1. The zero-order valence-corrected chi connectivity index (χ0v) is 15.8. The quantitative estimate of drug-likeness (QED) is 0.700. The maximum absolute atomic E-state index is 13.1. The number of halogens is 1. The van der Waals surface area contributed by atoms with Crippen molar-refractivity contribution in [3.63, 3.8) is 0 Å². The first-order valence-electron chi connectivity index (χ1n) is 8.61. The Hall–Kier alpha value is -3.00. The van der Waals surface area contributed by atoms with Gasteiger partial charge in [0.25, 0.3) is 11.1 Å². The molecule has 144 valence electrons.